The van der Waals surface area contributed by atoms with Crippen molar-refractivity contribution in [1.29, 1.82) is 0 Å². The van der Waals surface area contributed by atoms with E-state index in [2.05, 4.69) is 0 Å². The van der Waals surface area contributed by atoms with Crippen LogP contribution in [-0.4, -0.2) is 25.9 Å². The van der Waals surface area contributed by atoms with Crippen molar-refractivity contribution in [2.45, 2.75) is 13.0 Å². The van der Waals surface area contributed by atoms with Crippen molar-refractivity contribution < 1.29 is 19.3 Å². The van der Waals surface area contributed by atoms with E-state index in [1.165, 1.54) is 0 Å². The van der Waals surface area contributed by atoms with E-state index in [1.54, 1.807) is 26.4 Å². The number of aliphatic hydroxyl groups excluding tert-OH is 1. The highest BCUT2D eigenvalue weighted by atomic mass is 35.5. The number of benzene rings is 2. The van der Waals surface area contributed by atoms with E-state index < -0.39 is 6.10 Å². The zero-order chi connectivity index (χ0) is 16.1. The molecule has 2 aromatic carbocycles. The van der Waals surface area contributed by atoms with Gasteiger partial charge in [0.2, 0.25) is 5.75 Å². The molecule has 0 bridgehead atoms. The molecule has 5 heteroatoms. The van der Waals surface area contributed by atoms with Gasteiger partial charge in [-0.1, -0.05) is 29.8 Å². The number of hydrogen-bond acceptors (Lipinski definition) is 4. The third-order valence-corrected chi connectivity index (χ3v) is 3.60. The molecule has 0 spiro atoms. The fourth-order valence-electron chi connectivity index (χ4n) is 2.15. The second-order valence-electron chi connectivity index (χ2n) is 4.85. The van der Waals surface area contributed by atoms with Crippen LogP contribution in [0, 0.1) is 6.92 Å². The molecule has 1 N–H and O–H groups in total. The molecule has 0 aromatic heterocycles. The highest BCUT2D eigenvalue weighted by Crippen LogP contribution is 2.39. The lowest BCUT2D eigenvalue weighted by Crippen LogP contribution is -2.11. The summed E-state index contributed by atoms with van der Waals surface area (Å²) in [5, 5.41) is 10.8. The molecule has 4 nitrogen and oxygen atoms in total. The first-order chi connectivity index (χ1) is 10.6. The third kappa shape index (κ3) is 3.64. The van der Waals surface area contributed by atoms with Gasteiger partial charge in [-0.15, -0.1) is 0 Å². The maximum absolute atomic E-state index is 10.3. The zero-order valence-electron chi connectivity index (χ0n) is 12.8. The summed E-state index contributed by atoms with van der Waals surface area (Å²) in [6, 6.07) is 10.8. The quantitative estimate of drug-likeness (QED) is 0.879. The average molecular weight is 323 g/mol. The Labute approximate surface area is 135 Å². The summed E-state index contributed by atoms with van der Waals surface area (Å²) < 4.78 is 16.4. The number of methoxy groups -OCH3 is 2. The molecule has 0 aliphatic heterocycles. The van der Waals surface area contributed by atoms with Crippen LogP contribution in [0.15, 0.2) is 36.4 Å². The molecule has 1 unspecified atom stereocenters. The molecule has 0 heterocycles. The lowest BCUT2D eigenvalue weighted by Gasteiger charge is -2.18. The molecular formula is C17H19ClO4. The Balaban J connectivity index is 2.19. The fourth-order valence-corrected chi connectivity index (χ4v) is 2.41. The molecular weight excluding hydrogens is 304 g/mol. The minimum Gasteiger partial charge on any atom is -0.493 e. The molecule has 2 rings (SSSR count). The second-order valence-corrected chi connectivity index (χ2v) is 5.25. The van der Waals surface area contributed by atoms with Gasteiger partial charge >= 0.3 is 0 Å². The van der Waals surface area contributed by atoms with Crippen molar-refractivity contribution in [2.75, 3.05) is 20.8 Å². The molecule has 0 fully saturated rings. The Hall–Kier alpha value is -1.91. The van der Waals surface area contributed by atoms with Crippen LogP contribution in [0.3, 0.4) is 0 Å². The molecule has 1 atom stereocenters. The smallest absolute Gasteiger partial charge is 0.203 e. The minimum atomic E-state index is -0.843. The topological polar surface area (TPSA) is 47.9 Å². The Morgan fingerprint density at radius 2 is 1.68 bits per heavy atom. The molecule has 0 radical (unpaired) electrons. The molecule has 0 saturated heterocycles. The predicted molar refractivity (Wildman–Crippen MR) is 86.2 cm³/mol. The number of ether oxygens (including phenoxy) is 3. The number of aryl methyl sites for hydroxylation is 1. The normalized spacial score (nSPS) is 11.9. The van der Waals surface area contributed by atoms with Crippen LogP contribution in [0.25, 0.3) is 0 Å². The van der Waals surface area contributed by atoms with E-state index in [4.69, 9.17) is 25.8 Å². The molecule has 22 heavy (non-hydrogen) atoms. The van der Waals surface area contributed by atoms with Gasteiger partial charge in [0.05, 0.1) is 14.2 Å². The van der Waals surface area contributed by atoms with Crippen LogP contribution in [0.5, 0.6) is 17.2 Å². The van der Waals surface area contributed by atoms with Crippen LogP contribution in [-0.2, 0) is 0 Å². The number of aliphatic hydroxyl groups is 1. The van der Waals surface area contributed by atoms with Gasteiger partial charge in [-0.05, 0) is 30.7 Å². The Kier molecular flexibility index (Phi) is 5.52. The molecule has 0 aliphatic rings. The molecule has 118 valence electrons. The van der Waals surface area contributed by atoms with Crippen LogP contribution in [0.4, 0.5) is 0 Å². The highest BCUT2D eigenvalue weighted by molar-refractivity contribution is 6.31. The summed E-state index contributed by atoms with van der Waals surface area (Å²) in [6.07, 6.45) is -0.843. The van der Waals surface area contributed by atoms with Crippen LogP contribution < -0.4 is 14.2 Å². The summed E-state index contributed by atoms with van der Waals surface area (Å²) >= 11 is 6.07. The maximum Gasteiger partial charge on any atom is 0.203 e. The SMILES string of the molecule is COc1cc(C)cc(OC)c1OCC(O)c1ccccc1Cl. The number of rotatable bonds is 6. The van der Waals surface area contributed by atoms with Crippen molar-refractivity contribution in [3.8, 4) is 17.2 Å². The van der Waals surface area contributed by atoms with Gasteiger partial charge < -0.3 is 19.3 Å². The van der Waals surface area contributed by atoms with Gasteiger partial charge in [0, 0.05) is 10.6 Å². The largest absolute Gasteiger partial charge is 0.493 e. The van der Waals surface area contributed by atoms with Crippen molar-refractivity contribution in [3.05, 3.63) is 52.5 Å². The molecule has 0 saturated carbocycles. The van der Waals surface area contributed by atoms with Gasteiger partial charge in [0.1, 0.15) is 12.7 Å². The first-order valence-corrected chi connectivity index (χ1v) is 7.22. The average Bonchev–Trinajstić information content (AvgIpc) is 2.52. The Bertz CT molecular complexity index is 617. The van der Waals surface area contributed by atoms with Crippen molar-refractivity contribution in [3.63, 3.8) is 0 Å². The van der Waals surface area contributed by atoms with Gasteiger partial charge in [0.15, 0.2) is 11.5 Å². The van der Waals surface area contributed by atoms with E-state index in [9.17, 15) is 5.11 Å². The van der Waals surface area contributed by atoms with E-state index in [-0.39, 0.29) is 6.61 Å². The van der Waals surface area contributed by atoms with Crippen molar-refractivity contribution in [1.82, 2.24) is 0 Å². The van der Waals surface area contributed by atoms with E-state index in [1.807, 2.05) is 31.2 Å². The predicted octanol–water partition coefficient (Wildman–Crippen LogP) is 3.78. The summed E-state index contributed by atoms with van der Waals surface area (Å²) in [7, 11) is 3.12. The summed E-state index contributed by atoms with van der Waals surface area (Å²) in [6.45, 7) is 1.98. The monoisotopic (exact) mass is 322 g/mol. The first-order valence-electron chi connectivity index (χ1n) is 6.84. The van der Waals surface area contributed by atoms with Crippen LogP contribution in [0.1, 0.15) is 17.2 Å². The standard InChI is InChI=1S/C17H19ClO4/c1-11-8-15(20-2)17(16(9-11)21-3)22-10-14(19)12-6-4-5-7-13(12)18/h4-9,14,19H,10H2,1-3H3. The summed E-state index contributed by atoms with van der Waals surface area (Å²) in [5.74, 6) is 1.58. The number of hydrogen-bond donors (Lipinski definition) is 1. The number of halogens is 1. The zero-order valence-corrected chi connectivity index (χ0v) is 13.6. The van der Waals surface area contributed by atoms with Gasteiger partial charge in [-0.2, -0.15) is 0 Å². The van der Waals surface area contributed by atoms with Crippen molar-refractivity contribution in [2.24, 2.45) is 0 Å². The third-order valence-electron chi connectivity index (χ3n) is 3.25. The fraction of sp³-hybridized carbons (Fsp3) is 0.294. The van der Waals surface area contributed by atoms with Crippen molar-refractivity contribution >= 4 is 11.6 Å². The van der Waals surface area contributed by atoms with Crippen LogP contribution >= 0.6 is 11.6 Å². The van der Waals surface area contributed by atoms with Gasteiger partial charge in [-0.25, -0.2) is 0 Å². The minimum absolute atomic E-state index is 0.0412. The first kappa shape index (κ1) is 16.5. The lowest BCUT2D eigenvalue weighted by atomic mass is 10.1. The van der Waals surface area contributed by atoms with E-state index in [0.29, 0.717) is 27.8 Å². The van der Waals surface area contributed by atoms with Gasteiger partial charge in [-0.3, -0.25) is 0 Å². The highest BCUT2D eigenvalue weighted by Gasteiger charge is 2.17. The van der Waals surface area contributed by atoms with E-state index >= 15 is 0 Å². The summed E-state index contributed by atoms with van der Waals surface area (Å²) in [5.41, 5.74) is 1.61. The van der Waals surface area contributed by atoms with Gasteiger partial charge in [0.25, 0.3) is 0 Å². The Morgan fingerprint density at radius 1 is 1.09 bits per heavy atom. The maximum atomic E-state index is 10.3. The molecule has 0 amide bonds. The molecule has 2 aromatic rings. The Morgan fingerprint density at radius 3 is 2.23 bits per heavy atom. The van der Waals surface area contributed by atoms with E-state index in [0.717, 1.165) is 5.56 Å². The lowest BCUT2D eigenvalue weighted by molar-refractivity contribution is 0.104. The summed E-state index contributed by atoms with van der Waals surface area (Å²) in [4.78, 5) is 0. The second kappa shape index (κ2) is 7.38. The molecule has 0 aliphatic carbocycles. The van der Waals surface area contributed by atoms with Crippen LogP contribution in [0.2, 0.25) is 5.02 Å².